The first-order chi connectivity index (χ1) is 13.5. The standard InChI is InChI=1S/C20H12N4O4/c1-28-20(25)17-9-15-14-8-11(10-21)2-7-16(14)22-19(15)18(23-17)12-3-5-13(6-4-12)24(26)27/h2-9,22H,1H3. The third-order valence-electron chi connectivity index (χ3n) is 4.46. The van der Waals surface area contributed by atoms with E-state index in [0.29, 0.717) is 27.7 Å². The van der Waals surface area contributed by atoms with Crippen LogP contribution in [-0.4, -0.2) is 28.0 Å². The van der Waals surface area contributed by atoms with E-state index in [-0.39, 0.29) is 11.4 Å². The number of carbonyl (C=O) groups excluding carboxylic acids is 1. The van der Waals surface area contributed by atoms with Gasteiger partial charge in [-0.2, -0.15) is 5.26 Å². The molecule has 0 saturated carbocycles. The Bertz CT molecular complexity index is 1300. The average molecular weight is 372 g/mol. The highest BCUT2D eigenvalue weighted by Crippen LogP contribution is 2.34. The molecule has 0 aliphatic carbocycles. The van der Waals surface area contributed by atoms with Crippen molar-refractivity contribution < 1.29 is 14.5 Å². The van der Waals surface area contributed by atoms with Gasteiger partial charge in [-0.25, -0.2) is 9.78 Å². The quantitative estimate of drug-likeness (QED) is 0.330. The van der Waals surface area contributed by atoms with E-state index in [2.05, 4.69) is 16.0 Å². The number of aromatic nitrogens is 2. The number of nitriles is 1. The fourth-order valence-corrected chi connectivity index (χ4v) is 3.12. The van der Waals surface area contributed by atoms with E-state index in [1.165, 1.54) is 19.2 Å². The molecule has 0 aliphatic heterocycles. The van der Waals surface area contributed by atoms with Gasteiger partial charge in [0.25, 0.3) is 5.69 Å². The molecule has 2 heterocycles. The van der Waals surface area contributed by atoms with Gasteiger partial charge in [0.1, 0.15) is 5.69 Å². The molecule has 2 aromatic heterocycles. The summed E-state index contributed by atoms with van der Waals surface area (Å²) in [5.74, 6) is -0.601. The van der Waals surface area contributed by atoms with Gasteiger partial charge < -0.3 is 9.72 Å². The van der Waals surface area contributed by atoms with Crippen molar-refractivity contribution in [2.24, 2.45) is 0 Å². The maximum Gasteiger partial charge on any atom is 0.356 e. The average Bonchev–Trinajstić information content (AvgIpc) is 3.10. The Morgan fingerprint density at radius 1 is 1.18 bits per heavy atom. The number of nitrogens with zero attached hydrogens (tertiary/aromatic N) is 3. The van der Waals surface area contributed by atoms with Crippen LogP contribution in [0.4, 0.5) is 5.69 Å². The predicted molar refractivity (Wildman–Crippen MR) is 102 cm³/mol. The molecular weight excluding hydrogens is 360 g/mol. The SMILES string of the molecule is COC(=O)c1cc2c([nH]c3ccc(C#N)cc32)c(-c2ccc([N+](=O)[O-])cc2)n1. The topological polar surface area (TPSA) is 122 Å². The number of H-pyrrole nitrogens is 1. The Hall–Kier alpha value is -4.25. The normalized spacial score (nSPS) is 10.7. The smallest absolute Gasteiger partial charge is 0.356 e. The molecule has 0 aliphatic rings. The molecule has 8 nitrogen and oxygen atoms in total. The largest absolute Gasteiger partial charge is 0.464 e. The van der Waals surface area contributed by atoms with E-state index >= 15 is 0 Å². The van der Waals surface area contributed by atoms with Gasteiger partial charge in [-0.3, -0.25) is 10.1 Å². The van der Waals surface area contributed by atoms with Gasteiger partial charge in [-0.15, -0.1) is 0 Å². The summed E-state index contributed by atoms with van der Waals surface area (Å²) in [6.07, 6.45) is 0. The van der Waals surface area contributed by atoms with Crippen LogP contribution in [0, 0.1) is 21.4 Å². The molecule has 4 rings (SSSR count). The van der Waals surface area contributed by atoms with Crippen LogP contribution in [-0.2, 0) is 4.74 Å². The highest BCUT2D eigenvalue weighted by Gasteiger charge is 2.18. The first-order valence-electron chi connectivity index (χ1n) is 8.21. The third-order valence-corrected chi connectivity index (χ3v) is 4.46. The molecule has 0 saturated heterocycles. The fraction of sp³-hybridized carbons (Fsp3) is 0.0500. The summed E-state index contributed by atoms with van der Waals surface area (Å²) in [6, 6.07) is 14.8. The second kappa shape index (κ2) is 6.48. The molecule has 0 amide bonds. The van der Waals surface area contributed by atoms with E-state index in [1.54, 1.807) is 36.4 Å². The molecule has 0 radical (unpaired) electrons. The molecule has 0 fully saturated rings. The van der Waals surface area contributed by atoms with E-state index in [9.17, 15) is 20.2 Å². The van der Waals surface area contributed by atoms with Crippen LogP contribution in [0.3, 0.4) is 0 Å². The highest BCUT2D eigenvalue weighted by molar-refractivity contribution is 6.13. The van der Waals surface area contributed by atoms with Crippen LogP contribution in [0.5, 0.6) is 0 Å². The number of hydrogen-bond donors (Lipinski definition) is 1. The van der Waals surface area contributed by atoms with Crippen molar-refractivity contribution in [2.45, 2.75) is 0 Å². The number of nitro benzene ring substituents is 1. The van der Waals surface area contributed by atoms with Gasteiger partial charge in [0, 0.05) is 34.0 Å². The van der Waals surface area contributed by atoms with Crippen LogP contribution in [0.1, 0.15) is 16.1 Å². The Balaban J connectivity index is 2.04. The number of hydrogen-bond acceptors (Lipinski definition) is 6. The Morgan fingerprint density at radius 3 is 2.57 bits per heavy atom. The lowest BCUT2D eigenvalue weighted by Gasteiger charge is -2.06. The van der Waals surface area contributed by atoms with E-state index in [1.807, 2.05) is 0 Å². The second-order valence-corrected chi connectivity index (χ2v) is 6.07. The van der Waals surface area contributed by atoms with Crippen LogP contribution in [0.25, 0.3) is 33.1 Å². The number of nitrogens with one attached hydrogen (secondary N) is 1. The molecule has 136 valence electrons. The molecule has 1 N–H and O–H groups in total. The maximum atomic E-state index is 12.1. The maximum absolute atomic E-state index is 12.1. The number of carbonyl (C=O) groups is 1. The number of benzene rings is 2. The minimum absolute atomic E-state index is 0.0422. The van der Waals surface area contributed by atoms with Crippen molar-refractivity contribution in [3.63, 3.8) is 0 Å². The molecule has 4 aromatic rings. The van der Waals surface area contributed by atoms with Gasteiger partial charge in [0.05, 0.1) is 34.9 Å². The van der Waals surface area contributed by atoms with Crippen molar-refractivity contribution in [1.82, 2.24) is 9.97 Å². The zero-order valence-corrected chi connectivity index (χ0v) is 14.6. The highest BCUT2D eigenvalue weighted by atomic mass is 16.6. The second-order valence-electron chi connectivity index (χ2n) is 6.07. The molecule has 0 unspecified atom stereocenters. The van der Waals surface area contributed by atoms with Crippen molar-refractivity contribution in [3.8, 4) is 17.3 Å². The fourth-order valence-electron chi connectivity index (χ4n) is 3.12. The van der Waals surface area contributed by atoms with Gasteiger partial charge in [0.15, 0.2) is 0 Å². The molecule has 0 spiro atoms. The number of pyridine rings is 1. The summed E-state index contributed by atoms with van der Waals surface area (Å²) in [5, 5.41) is 21.6. The molecule has 2 aromatic carbocycles. The Labute approximate surface area is 158 Å². The lowest BCUT2D eigenvalue weighted by atomic mass is 10.1. The van der Waals surface area contributed by atoms with Crippen LogP contribution in [0.15, 0.2) is 48.5 Å². The molecule has 28 heavy (non-hydrogen) atoms. The number of methoxy groups -OCH3 is 1. The number of rotatable bonds is 3. The molecule has 8 heteroatoms. The van der Waals surface area contributed by atoms with Crippen molar-refractivity contribution >= 4 is 33.5 Å². The van der Waals surface area contributed by atoms with Gasteiger partial charge in [-0.05, 0) is 36.4 Å². The minimum Gasteiger partial charge on any atom is -0.464 e. The van der Waals surface area contributed by atoms with Crippen LogP contribution in [0.2, 0.25) is 0 Å². The predicted octanol–water partition coefficient (Wildman–Crippen LogP) is 3.95. The first-order valence-corrected chi connectivity index (χ1v) is 8.21. The zero-order chi connectivity index (χ0) is 19.8. The van der Waals surface area contributed by atoms with Crippen LogP contribution < -0.4 is 0 Å². The van der Waals surface area contributed by atoms with Gasteiger partial charge in [0.2, 0.25) is 0 Å². The summed E-state index contributed by atoms with van der Waals surface area (Å²) < 4.78 is 4.81. The molecular formula is C20H12N4O4. The van der Waals surface area contributed by atoms with Gasteiger partial charge in [-0.1, -0.05) is 0 Å². The Kier molecular flexibility index (Phi) is 3.98. The summed E-state index contributed by atoms with van der Waals surface area (Å²) >= 11 is 0. The number of non-ortho nitro benzene ring substituents is 1. The minimum atomic E-state index is -0.601. The van der Waals surface area contributed by atoms with Gasteiger partial charge >= 0.3 is 5.97 Å². The van der Waals surface area contributed by atoms with E-state index < -0.39 is 10.9 Å². The van der Waals surface area contributed by atoms with Crippen molar-refractivity contribution in [3.05, 3.63) is 69.9 Å². The number of ether oxygens (including phenoxy) is 1. The summed E-state index contributed by atoms with van der Waals surface area (Å²) in [7, 11) is 1.27. The molecule has 0 bridgehead atoms. The van der Waals surface area contributed by atoms with Crippen molar-refractivity contribution in [1.29, 1.82) is 5.26 Å². The number of fused-ring (bicyclic) bond motifs is 3. The van der Waals surface area contributed by atoms with E-state index in [0.717, 1.165) is 10.9 Å². The Morgan fingerprint density at radius 2 is 1.93 bits per heavy atom. The lowest BCUT2D eigenvalue weighted by molar-refractivity contribution is -0.384. The number of esters is 1. The van der Waals surface area contributed by atoms with Crippen LogP contribution >= 0.6 is 0 Å². The van der Waals surface area contributed by atoms with E-state index in [4.69, 9.17) is 4.74 Å². The molecule has 0 atom stereocenters. The zero-order valence-electron chi connectivity index (χ0n) is 14.6. The van der Waals surface area contributed by atoms with Crippen molar-refractivity contribution in [2.75, 3.05) is 7.11 Å². The summed E-state index contributed by atoms with van der Waals surface area (Å²) in [4.78, 5) is 30.2. The number of nitro groups is 1. The first kappa shape index (κ1) is 17.2. The summed E-state index contributed by atoms with van der Waals surface area (Å²) in [5.41, 5.74) is 3.05. The lowest BCUT2D eigenvalue weighted by Crippen LogP contribution is -2.05. The summed E-state index contributed by atoms with van der Waals surface area (Å²) in [6.45, 7) is 0. The third kappa shape index (κ3) is 2.71. The monoisotopic (exact) mass is 372 g/mol. The number of aromatic amines is 1.